The minimum absolute atomic E-state index is 0.149. The topological polar surface area (TPSA) is 67.4 Å². The number of amides is 1. The number of hydrogen-bond donors (Lipinski definition) is 1. The fourth-order valence-electron chi connectivity index (χ4n) is 3.53. The van der Waals surface area contributed by atoms with Crippen LogP contribution in [0.15, 0.2) is 36.4 Å². The molecule has 0 saturated carbocycles. The number of rotatable bonds is 6. The molecular weight excluding hydrogens is 422 g/mol. The minimum atomic E-state index is -0.834. The van der Waals surface area contributed by atoms with Crippen molar-refractivity contribution in [1.82, 2.24) is 14.9 Å². The summed E-state index contributed by atoms with van der Waals surface area (Å²) in [5.74, 6) is -1.28. The first kappa shape index (κ1) is 21.2. The van der Waals surface area contributed by atoms with E-state index in [0.717, 1.165) is 46.4 Å². The summed E-state index contributed by atoms with van der Waals surface area (Å²) in [4.78, 5) is 24.7. The molecule has 0 radical (unpaired) electrons. The summed E-state index contributed by atoms with van der Waals surface area (Å²) in [6.45, 7) is 4.23. The number of halogens is 2. The van der Waals surface area contributed by atoms with Crippen LogP contribution in [0.1, 0.15) is 35.1 Å². The summed E-state index contributed by atoms with van der Waals surface area (Å²) in [6, 6.07) is 8.45. The molecule has 2 aromatic heterocycles. The van der Waals surface area contributed by atoms with E-state index in [4.69, 9.17) is 4.74 Å². The largest absolute Gasteiger partial charge is 0.481 e. The fraction of sp³-hybridized carbons (Fsp3) is 0.318. The van der Waals surface area contributed by atoms with Crippen LogP contribution in [-0.4, -0.2) is 33.9 Å². The number of likely N-dealkylation sites (tertiary alicyclic amines) is 1. The number of benzene rings is 1. The number of carbonyl (C=O) groups is 1. The van der Waals surface area contributed by atoms with E-state index in [2.05, 4.69) is 15.3 Å². The van der Waals surface area contributed by atoms with Crippen LogP contribution < -0.4 is 10.1 Å². The molecule has 1 aromatic carbocycles. The number of hydrogen-bond acceptors (Lipinski definition) is 6. The van der Waals surface area contributed by atoms with E-state index < -0.39 is 11.6 Å². The van der Waals surface area contributed by atoms with Gasteiger partial charge in [0.15, 0.2) is 23.3 Å². The van der Waals surface area contributed by atoms with Crippen molar-refractivity contribution in [3.8, 4) is 5.75 Å². The van der Waals surface area contributed by atoms with Gasteiger partial charge in [0.2, 0.25) is 0 Å². The molecule has 1 atom stereocenters. The normalized spacial score (nSPS) is 15.9. The predicted octanol–water partition coefficient (Wildman–Crippen LogP) is 4.92. The van der Waals surface area contributed by atoms with E-state index >= 15 is 0 Å². The van der Waals surface area contributed by atoms with Crippen molar-refractivity contribution < 1.29 is 18.3 Å². The van der Waals surface area contributed by atoms with Crippen LogP contribution in [0.3, 0.4) is 0 Å². The number of aryl methyl sites for hydroxylation is 2. The Labute approximate surface area is 182 Å². The molecule has 1 N–H and O–H groups in total. The highest BCUT2D eigenvalue weighted by molar-refractivity contribution is 7.15. The lowest BCUT2D eigenvalue weighted by atomic mass is 10.1. The molecule has 9 heteroatoms. The number of ether oxygens (including phenoxy) is 1. The van der Waals surface area contributed by atoms with Gasteiger partial charge in [-0.1, -0.05) is 6.07 Å². The highest BCUT2D eigenvalue weighted by atomic mass is 32.1. The Morgan fingerprint density at radius 3 is 2.84 bits per heavy atom. The van der Waals surface area contributed by atoms with E-state index in [-0.39, 0.29) is 24.3 Å². The Bertz CT molecular complexity index is 1090. The van der Waals surface area contributed by atoms with Crippen LogP contribution in [-0.2, 0) is 4.79 Å². The lowest BCUT2D eigenvalue weighted by Gasteiger charge is -2.24. The minimum Gasteiger partial charge on any atom is -0.481 e. The first-order chi connectivity index (χ1) is 14.9. The van der Waals surface area contributed by atoms with Gasteiger partial charge in [-0.3, -0.25) is 4.79 Å². The second-order valence-electron chi connectivity index (χ2n) is 7.34. The van der Waals surface area contributed by atoms with Crippen LogP contribution in [0, 0.1) is 25.5 Å². The van der Waals surface area contributed by atoms with E-state index in [0.29, 0.717) is 12.4 Å². The average molecular weight is 445 g/mol. The van der Waals surface area contributed by atoms with Gasteiger partial charge in [-0.2, -0.15) is 0 Å². The third-order valence-electron chi connectivity index (χ3n) is 5.19. The maximum Gasteiger partial charge on any atom is 0.261 e. The van der Waals surface area contributed by atoms with Gasteiger partial charge < -0.3 is 15.0 Å². The van der Waals surface area contributed by atoms with Crippen LogP contribution in [0.4, 0.5) is 19.7 Å². The van der Waals surface area contributed by atoms with Gasteiger partial charge in [0.25, 0.3) is 5.91 Å². The number of aromatic nitrogens is 2. The van der Waals surface area contributed by atoms with Crippen molar-refractivity contribution >= 4 is 28.2 Å². The molecule has 0 bridgehead atoms. The predicted molar refractivity (Wildman–Crippen MR) is 115 cm³/mol. The lowest BCUT2D eigenvalue weighted by molar-refractivity contribution is -0.134. The number of pyridine rings is 1. The molecule has 0 spiro atoms. The average Bonchev–Trinajstić information content (AvgIpc) is 3.34. The van der Waals surface area contributed by atoms with Crippen LogP contribution >= 0.6 is 11.3 Å². The zero-order valence-corrected chi connectivity index (χ0v) is 18.0. The Kier molecular flexibility index (Phi) is 6.13. The first-order valence-electron chi connectivity index (χ1n) is 9.96. The molecule has 1 aliphatic rings. The van der Waals surface area contributed by atoms with Crippen molar-refractivity contribution in [2.75, 3.05) is 18.5 Å². The van der Waals surface area contributed by atoms with Crippen molar-refractivity contribution in [2.24, 2.45) is 0 Å². The Balaban J connectivity index is 1.44. The fourth-order valence-corrected chi connectivity index (χ4v) is 4.35. The summed E-state index contributed by atoms with van der Waals surface area (Å²) in [6.07, 6.45) is 1.62. The number of thiazole rings is 1. The third-order valence-corrected chi connectivity index (χ3v) is 6.18. The lowest BCUT2D eigenvalue weighted by Crippen LogP contribution is -2.34. The Hall–Kier alpha value is -3.07. The van der Waals surface area contributed by atoms with Gasteiger partial charge in [-0.25, -0.2) is 18.7 Å². The number of nitrogens with one attached hydrogen (secondary N) is 1. The molecule has 6 nitrogen and oxygen atoms in total. The molecule has 1 aliphatic heterocycles. The Morgan fingerprint density at radius 1 is 1.26 bits per heavy atom. The van der Waals surface area contributed by atoms with Gasteiger partial charge >= 0.3 is 0 Å². The second kappa shape index (κ2) is 8.97. The molecule has 1 amide bonds. The molecule has 3 aromatic rings. The maximum absolute atomic E-state index is 13.8. The molecule has 4 rings (SSSR count). The van der Waals surface area contributed by atoms with Crippen molar-refractivity contribution in [3.63, 3.8) is 0 Å². The molecule has 1 saturated heterocycles. The molecule has 1 unspecified atom stereocenters. The van der Waals surface area contributed by atoms with Gasteiger partial charge in [-0.15, -0.1) is 11.3 Å². The summed E-state index contributed by atoms with van der Waals surface area (Å²) in [7, 11) is 0. The maximum atomic E-state index is 13.8. The van der Waals surface area contributed by atoms with Crippen molar-refractivity contribution in [2.45, 2.75) is 32.7 Å². The quantitative estimate of drug-likeness (QED) is 0.585. The number of anilines is 2. The highest BCUT2D eigenvalue weighted by Crippen LogP contribution is 2.32. The van der Waals surface area contributed by atoms with Crippen molar-refractivity contribution in [3.05, 3.63) is 64.3 Å². The molecule has 3 heterocycles. The summed E-state index contributed by atoms with van der Waals surface area (Å²) >= 11 is 1.56. The number of carbonyl (C=O) groups excluding carboxylic acids is 1. The van der Waals surface area contributed by atoms with E-state index in [1.807, 2.05) is 32.0 Å². The van der Waals surface area contributed by atoms with E-state index in [9.17, 15) is 13.6 Å². The van der Waals surface area contributed by atoms with Gasteiger partial charge in [0.05, 0.1) is 17.4 Å². The summed E-state index contributed by atoms with van der Waals surface area (Å²) < 4.78 is 32.1. The van der Waals surface area contributed by atoms with Gasteiger partial charge in [-0.05, 0) is 51.0 Å². The van der Waals surface area contributed by atoms with Gasteiger partial charge in [0, 0.05) is 17.5 Å². The molecule has 1 fully saturated rings. The van der Waals surface area contributed by atoms with Gasteiger partial charge in [0.1, 0.15) is 11.6 Å². The number of nitrogens with zero attached hydrogens (tertiary/aromatic N) is 3. The zero-order valence-electron chi connectivity index (χ0n) is 17.2. The molecule has 162 valence electrons. The highest BCUT2D eigenvalue weighted by Gasteiger charge is 2.31. The SMILES string of the molecule is Cc1nc(Nc2cccc(C3CCCN3C(=O)COc3ccc(F)cc3F)n2)sc1C. The van der Waals surface area contributed by atoms with Crippen molar-refractivity contribution in [1.29, 1.82) is 0 Å². The molecule has 0 aliphatic carbocycles. The van der Waals surface area contributed by atoms with Crippen LogP contribution in [0.5, 0.6) is 5.75 Å². The molecule has 31 heavy (non-hydrogen) atoms. The second-order valence-corrected chi connectivity index (χ2v) is 8.55. The van der Waals surface area contributed by atoms with E-state index in [1.54, 1.807) is 16.2 Å². The first-order valence-corrected chi connectivity index (χ1v) is 10.8. The zero-order chi connectivity index (χ0) is 22.0. The Morgan fingerprint density at radius 2 is 2.10 bits per heavy atom. The monoisotopic (exact) mass is 444 g/mol. The smallest absolute Gasteiger partial charge is 0.261 e. The summed E-state index contributed by atoms with van der Waals surface area (Å²) in [5.41, 5.74) is 1.75. The van der Waals surface area contributed by atoms with Crippen LogP contribution in [0.2, 0.25) is 0 Å². The molecular formula is C22H22F2N4O2S. The third kappa shape index (κ3) is 4.82. The van der Waals surface area contributed by atoms with Crippen LogP contribution in [0.25, 0.3) is 0 Å². The van der Waals surface area contributed by atoms with E-state index in [1.165, 1.54) is 6.07 Å². The summed E-state index contributed by atoms with van der Waals surface area (Å²) in [5, 5.41) is 4.00. The standard InChI is InChI=1S/C22H22F2N4O2S/c1-13-14(2)31-22(25-13)27-20-7-3-5-17(26-20)18-6-4-10-28(18)21(29)12-30-19-9-8-15(23)11-16(19)24/h3,5,7-9,11,18H,4,6,10,12H2,1-2H3,(H,25,26,27).